The predicted molar refractivity (Wildman–Crippen MR) is 74.1 cm³/mol. The number of aliphatic hydroxyl groups excluding tert-OH is 1. The Morgan fingerprint density at radius 1 is 1.40 bits per heavy atom. The Labute approximate surface area is 118 Å². The first kappa shape index (κ1) is 18.3. The first-order chi connectivity index (χ1) is 9.03. The summed E-state index contributed by atoms with van der Waals surface area (Å²) in [6.07, 6.45) is -0.759. The van der Waals surface area contributed by atoms with E-state index < -0.39 is 23.6 Å². The van der Waals surface area contributed by atoms with Crippen LogP contribution in [0.5, 0.6) is 5.75 Å². The molecule has 20 heavy (non-hydrogen) atoms. The molecule has 5 nitrogen and oxygen atoms in total. The molecule has 0 amide bonds. The van der Waals surface area contributed by atoms with Crippen LogP contribution >= 0.6 is 0 Å². The van der Waals surface area contributed by atoms with Crippen LogP contribution < -0.4 is 5.32 Å². The molecular weight excluding hydrogens is 265 g/mol. The molecule has 4 N–H and O–H groups in total. The fourth-order valence-corrected chi connectivity index (χ4v) is 1.26. The number of phenols is 1. The molecule has 0 saturated heterocycles. The van der Waals surface area contributed by atoms with E-state index in [0.717, 1.165) is 13.0 Å². The van der Waals surface area contributed by atoms with Gasteiger partial charge in [-0.05, 0) is 38.5 Å². The maximum Gasteiger partial charge on any atom is 0.300 e. The van der Waals surface area contributed by atoms with Crippen molar-refractivity contribution in [2.45, 2.75) is 39.3 Å². The minimum Gasteiger partial charge on any atom is -0.505 e. The smallest absolute Gasteiger partial charge is 0.300 e. The molecule has 114 valence electrons. The molecule has 1 aromatic carbocycles. The number of hydrogen-bond acceptors (Lipinski definition) is 4. The quantitative estimate of drug-likeness (QED) is 0.683. The number of aliphatic hydroxyl groups is 1. The molecule has 1 atom stereocenters. The lowest BCUT2D eigenvalue weighted by atomic mass is 10.1. The molecule has 0 spiro atoms. The molecule has 0 aliphatic carbocycles. The molecule has 0 aliphatic rings. The van der Waals surface area contributed by atoms with Crippen LogP contribution in [0.3, 0.4) is 0 Å². The summed E-state index contributed by atoms with van der Waals surface area (Å²) in [5.41, 5.74) is 0.402. The standard InChI is InChI=1S/C12H18FNO2.C2H4O2/c1-12(2,3)14-7-11(16)8-4-5-9(13)10(15)6-8;1-2(3)4/h4-6,11,14-16H,7H2,1-3H3;1H3,(H,3,4). The average Bonchev–Trinajstić information content (AvgIpc) is 2.28. The zero-order valence-corrected chi connectivity index (χ0v) is 12.1. The summed E-state index contributed by atoms with van der Waals surface area (Å²) < 4.78 is 12.8. The highest BCUT2D eigenvalue weighted by Crippen LogP contribution is 2.21. The van der Waals surface area contributed by atoms with Gasteiger partial charge in [0.2, 0.25) is 0 Å². The number of carboxylic acid groups (broad SMARTS) is 1. The summed E-state index contributed by atoms with van der Waals surface area (Å²) in [4.78, 5) is 9.00. The van der Waals surface area contributed by atoms with Gasteiger partial charge < -0.3 is 20.6 Å². The lowest BCUT2D eigenvalue weighted by Gasteiger charge is -2.23. The second-order valence-electron chi connectivity index (χ2n) is 5.38. The number of aromatic hydroxyl groups is 1. The molecule has 0 heterocycles. The van der Waals surface area contributed by atoms with E-state index in [1.54, 1.807) is 0 Å². The van der Waals surface area contributed by atoms with E-state index in [2.05, 4.69) is 5.32 Å². The van der Waals surface area contributed by atoms with Crippen molar-refractivity contribution in [3.8, 4) is 5.75 Å². The van der Waals surface area contributed by atoms with E-state index in [1.165, 1.54) is 12.1 Å². The van der Waals surface area contributed by atoms with Crippen molar-refractivity contribution in [2.75, 3.05) is 6.54 Å². The second-order valence-corrected chi connectivity index (χ2v) is 5.38. The third-order valence-corrected chi connectivity index (χ3v) is 2.18. The van der Waals surface area contributed by atoms with Crippen LogP contribution in [-0.2, 0) is 4.79 Å². The first-order valence-corrected chi connectivity index (χ1v) is 6.14. The van der Waals surface area contributed by atoms with Crippen molar-refractivity contribution < 1.29 is 24.5 Å². The third kappa shape index (κ3) is 8.44. The normalized spacial score (nSPS) is 12.3. The van der Waals surface area contributed by atoms with E-state index in [9.17, 15) is 14.6 Å². The number of hydrogen-bond donors (Lipinski definition) is 4. The van der Waals surface area contributed by atoms with Gasteiger partial charge in [-0.25, -0.2) is 4.39 Å². The van der Waals surface area contributed by atoms with E-state index in [0.29, 0.717) is 12.1 Å². The lowest BCUT2D eigenvalue weighted by Crippen LogP contribution is -2.38. The fourth-order valence-electron chi connectivity index (χ4n) is 1.26. The predicted octanol–water partition coefficient (Wildman–Crippen LogP) is 2.04. The highest BCUT2D eigenvalue weighted by molar-refractivity contribution is 5.62. The highest BCUT2D eigenvalue weighted by Gasteiger charge is 2.14. The Bertz CT molecular complexity index is 439. The maximum atomic E-state index is 12.8. The number of nitrogens with one attached hydrogen (secondary N) is 1. The molecular formula is C14H22FNO4. The molecule has 0 fully saturated rings. The lowest BCUT2D eigenvalue weighted by molar-refractivity contribution is -0.134. The van der Waals surface area contributed by atoms with Gasteiger partial charge in [-0.2, -0.15) is 0 Å². The van der Waals surface area contributed by atoms with Crippen molar-refractivity contribution in [2.24, 2.45) is 0 Å². The van der Waals surface area contributed by atoms with E-state index >= 15 is 0 Å². The van der Waals surface area contributed by atoms with E-state index in [-0.39, 0.29) is 5.54 Å². The number of phenolic OH excluding ortho intramolecular Hbond substituents is 1. The van der Waals surface area contributed by atoms with Gasteiger partial charge in [0.1, 0.15) is 0 Å². The van der Waals surface area contributed by atoms with Gasteiger partial charge in [-0.1, -0.05) is 6.07 Å². The molecule has 0 aromatic heterocycles. The topological polar surface area (TPSA) is 89.8 Å². The number of aliphatic carboxylic acids is 1. The van der Waals surface area contributed by atoms with Crippen LogP contribution in [-0.4, -0.2) is 33.4 Å². The third-order valence-electron chi connectivity index (χ3n) is 2.18. The molecule has 1 rings (SSSR count). The number of halogens is 1. The minimum atomic E-state index is -0.833. The van der Waals surface area contributed by atoms with E-state index in [1.807, 2.05) is 20.8 Å². The summed E-state index contributed by atoms with van der Waals surface area (Å²) in [6.45, 7) is 7.40. The number of carboxylic acids is 1. The fraction of sp³-hybridized carbons (Fsp3) is 0.500. The van der Waals surface area contributed by atoms with Crippen molar-refractivity contribution in [1.82, 2.24) is 5.32 Å². The molecule has 0 radical (unpaired) electrons. The summed E-state index contributed by atoms with van der Waals surface area (Å²) >= 11 is 0. The van der Waals surface area contributed by atoms with Gasteiger partial charge in [0.25, 0.3) is 5.97 Å². The first-order valence-electron chi connectivity index (χ1n) is 6.14. The highest BCUT2D eigenvalue weighted by atomic mass is 19.1. The minimum absolute atomic E-state index is 0.0942. The zero-order valence-electron chi connectivity index (χ0n) is 12.1. The van der Waals surface area contributed by atoms with Crippen LogP contribution in [0.25, 0.3) is 0 Å². The Hall–Kier alpha value is -1.66. The maximum absolute atomic E-state index is 12.8. The van der Waals surface area contributed by atoms with Gasteiger partial charge in [0.05, 0.1) is 6.10 Å². The van der Waals surface area contributed by atoms with Gasteiger partial charge in [0, 0.05) is 19.0 Å². The molecule has 0 aliphatic heterocycles. The Balaban J connectivity index is 0.000000796. The Morgan fingerprint density at radius 2 is 1.90 bits per heavy atom. The largest absolute Gasteiger partial charge is 0.505 e. The van der Waals surface area contributed by atoms with Crippen LogP contribution in [0.4, 0.5) is 4.39 Å². The SMILES string of the molecule is CC(=O)O.CC(C)(C)NCC(O)c1ccc(F)c(O)c1. The number of rotatable bonds is 3. The Morgan fingerprint density at radius 3 is 2.30 bits per heavy atom. The average molecular weight is 287 g/mol. The molecule has 1 unspecified atom stereocenters. The van der Waals surface area contributed by atoms with E-state index in [4.69, 9.17) is 9.90 Å². The summed E-state index contributed by atoms with van der Waals surface area (Å²) in [7, 11) is 0. The number of benzene rings is 1. The summed E-state index contributed by atoms with van der Waals surface area (Å²) in [6, 6.07) is 3.85. The van der Waals surface area contributed by atoms with Gasteiger partial charge in [0.15, 0.2) is 11.6 Å². The van der Waals surface area contributed by atoms with Crippen LogP contribution in [0.1, 0.15) is 39.4 Å². The van der Waals surface area contributed by atoms with Crippen LogP contribution in [0.15, 0.2) is 18.2 Å². The van der Waals surface area contributed by atoms with Crippen LogP contribution in [0, 0.1) is 5.82 Å². The molecule has 1 aromatic rings. The summed E-state index contributed by atoms with van der Waals surface area (Å²) in [5.74, 6) is -1.95. The zero-order chi connectivity index (χ0) is 15.9. The van der Waals surface area contributed by atoms with Crippen molar-refractivity contribution in [3.63, 3.8) is 0 Å². The second kappa shape index (κ2) is 7.81. The number of carbonyl (C=O) groups is 1. The van der Waals surface area contributed by atoms with Crippen molar-refractivity contribution in [3.05, 3.63) is 29.6 Å². The molecule has 6 heteroatoms. The van der Waals surface area contributed by atoms with Gasteiger partial charge >= 0.3 is 0 Å². The Kier molecular flexibility index (Phi) is 7.17. The monoisotopic (exact) mass is 287 g/mol. The van der Waals surface area contributed by atoms with Crippen molar-refractivity contribution >= 4 is 5.97 Å². The van der Waals surface area contributed by atoms with Crippen LogP contribution in [0.2, 0.25) is 0 Å². The molecule has 0 bridgehead atoms. The number of β-amino-alcohol motifs (C(OH)–C–C–N with tert-alkyl or cyclic N) is 1. The van der Waals surface area contributed by atoms with Gasteiger partial charge in [-0.3, -0.25) is 4.79 Å². The molecule has 0 saturated carbocycles. The summed E-state index contributed by atoms with van der Waals surface area (Å²) in [5, 5.41) is 29.5. The van der Waals surface area contributed by atoms with Gasteiger partial charge in [-0.15, -0.1) is 0 Å². The van der Waals surface area contributed by atoms with Crippen molar-refractivity contribution in [1.29, 1.82) is 0 Å².